The molecule has 29 heavy (non-hydrogen) atoms. The molecule has 0 bridgehead atoms. The number of hydrogen-bond donors (Lipinski definition) is 2. The van der Waals surface area contributed by atoms with Crippen molar-refractivity contribution in [1.29, 1.82) is 0 Å². The molecule has 0 saturated carbocycles. The molecule has 3 aromatic rings. The van der Waals surface area contributed by atoms with Gasteiger partial charge in [0.25, 0.3) is 0 Å². The van der Waals surface area contributed by atoms with E-state index in [1.54, 1.807) is 0 Å². The Bertz CT molecular complexity index is 856. The van der Waals surface area contributed by atoms with Gasteiger partial charge in [-0.2, -0.15) is 0 Å². The van der Waals surface area contributed by atoms with E-state index >= 15 is 0 Å². The fourth-order valence-corrected chi connectivity index (χ4v) is 3.02. The number of rotatable bonds is 9. The molecule has 0 amide bonds. The van der Waals surface area contributed by atoms with Crippen molar-refractivity contribution in [3.63, 3.8) is 0 Å². The summed E-state index contributed by atoms with van der Waals surface area (Å²) in [6, 6.07) is 22.0. The Morgan fingerprint density at radius 2 is 1.07 bits per heavy atom. The van der Waals surface area contributed by atoms with Crippen molar-refractivity contribution in [3.8, 4) is 11.5 Å². The molecular formula is C24H27NO4. The van der Waals surface area contributed by atoms with Crippen LogP contribution >= 0.6 is 0 Å². The lowest BCUT2D eigenvalue weighted by atomic mass is 10.1. The Balaban J connectivity index is 1.96. The van der Waals surface area contributed by atoms with Gasteiger partial charge in [0.1, 0.15) is 24.7 Å². The Morgan fingerprint density at radius 1 is 0.621 bits per heavy atom. The smallest absolute Gasteiger partial charge is 0.119 e. The van der Waals surface area contributed by atoms with Crippen molar-refractivity contribution in [1.82, 2.24) is 0 Å². The maximum atomic E-state index is 8.94. The molecule has 0 atom stereocenters. The first kappa shape index (κ1) is 20.7. The van der Waals surface area contributed by atoms with E-state index < -0.39 is 0 Å². The van der Waals surface area contributed by atoms with Crippen LogP contribution in [0.1, 0.15) is 11.1 Å². The van der Waals surface area contributed by atoms with E-state index in [9.17, 15) is 0 Å². The van der Waals surface area contributed by atoms with Gasteiger partial charge in [-0.25, -0.2) is 0 Å². The van der Waals surface area contributed by atoms with Crippen LogP contribution in [-0.2, 0) is 0 Å². The molecule has 0 aliphatic heterocycles. The maximum absolute atomic E-state index is 8.94. The van der Waals surface area contributed by atoms with Crippen molar-refractivity contribution in [3.05, 3.63) is 77.9 Å². The van der Waals surface area contributed by atoms with E-state index in [1.807, 2.05) is 48.5 Å². The molecule has 3 aromatic carbocycles. The van der Waals surface area contributed by atoms with Gasteiger partial charge in [0.15, 0.2) is 0 Å². The number of aryl methyl sites for hydroxylation is 2. The Kier molecular flexibility index (Phi) is 7.11. The molecular weight excluding hydrogens is 366 g/mol. The second kappa shape index (κ2) is 9.96. The molecule has 0 spiro atoms. The highest BCUT2D eigenvalue weighted by Gasteiger charge is 2.13. The SMILES string of the molecule is Cc1ccc(N(c2ccc(OCCO)cc2)c2ccc(OCCO)cc2)cc1C. The number of aliphatic hydroxyl groups is 2. The van der Waals surface area contributed by atoms with Crippen LogP contribution in [0.2, 0.25) is 0 Å². The van der Waals surface area contributed by atoms with E-state index in [4.69, 9.17) is 19.7 Å². The van der Waals surface area contributed by atoms with E-state index in [0.717, 1.165) is 28.6 Å². The minimum Gasteiger partial charge on any atom is -0.491 e. The topological polar surface area (TPSA) is 62.2 Å². The highest BCUT2D eigenvalue weighted by Crippen LogP contribution is 2.36. The summed E-state index contributed by atoms with van der Waals surface area (Å²) in [5.41, 5.74) is 5.51. The maximum Gasteiger partial charge on any atom is 0.119 e. The molecule has 5 heteroatoms. The molecule has 0 saturated heterocycles. The van der Waals surface area contributed by atoms with Crippen LogP contribution in [-0.4, -0.2) is 36.6 Å². The van der Waals surface area contributed by atoms with Gasteiger partial charge < -0.3 is 24.6 Å². The lowest BCUT2D eigenvalue weighted by molar-refractivity contribution is 0.201. The zero-order valence-corrected chi connectivity index (χ0v) is 16.8. The van der Waals surface area contributed by atoms with Crippen molar-refractivity contribution in [2.75, 3.05) is 31.3 Å². The van der Waals surface area contributed by atoms with Crippen molar-refractivity contribution < 1.29 is 19.7 Å². The second-order valence-electron chi connectivity index (χ2n) is 6.74. The third-order valence-electron chi connectivity index (χ3n) is 4.66. The lowest BCUT2D eigenvalue weighted by Gasteiger charge is -2.26. The van der Waals surface area contributed by atoms with Gasteiger partial charge >= 0.3 is 0 Å². The van der Waals surface area contributed by atoms with Crippen LogP contribution in [0.5, 0.6) is 11.5 Å². The third kappa shape index (κ3) is 5.28. The summed E-state index contributed by atoms with van der Waals surface area (Å²) >= 11 is 0. The van der Waals surface area contributed by atoms with Crippen molar-refractivity contribution in [2.45, 2.75) is 13.8 Å². The van der Waals surface area contributed by atoms with E-state index in [2.05, 4.69) is 36.9 Å². The molecule has 0 aliphatic rings. The van der Waals surface area contributed by atoms with Gasteiger partial charge in [-0.3, -0.25) is 0 Å². The number of hydrogen-bond acceptors (Lipinski definition) is 5. The van der Waals surface area contributed by atoms with Crippen LogP contribution in [0.4, 0.5) is 17.1 Å². The monoisotopic (exact) mass is 393 g/mol. The molecule has 0 radical (unpaired) electrons. The van der Waals surface area contributed by atoms with E-state index in [0.29, 0.717) is 0 Å². The van der Waals surface area contributed by atoms with Crippen molar-refractivity contribution >= 4 is 17.1 Å². The Morgan fingerprint density at radius 3 is 1.48 bits per heavy atom. The van der Waals surface area contributed by atoms with Crippen LogP contribution in [0.15, 0.2) is 66.7 Å². The molecule has 0 heterocycles. The van der Waals surface area contributed by atoms with Gasteiger partial charge in [-0.05, 0) is 85.6 Å². The standard InChI is InChI=1S/C24H27NO4/c1-18-3-4-22(17-19(18)2)25(20-5-9-23(10-6-20)28-15-13-26)21-7-11-24(12-8-21)29-16-14-27/h3-12,17,26-27H,13-16H2,1-2H3. The summed E-state index contributed by atoms with van der Waals surface area (Å²) in [5, 5.41) is 17.9. The number of benzene rings is 3. The Hall–Kier alpha value is -3.02. The summed E-state index contributed by atoms with van der Waals surface area (Å²) < 4.78 is 11.0. The fourth-order valence-electron chi connectivity index (χ4n) is 3.02. The van der Waals surface area contributed by atoms with Crippen LogP contribution in [0.3, 0.4) is 0 Å². The molecule has 0 aliphatic carbocycles. The Labute approximate surface area is 171 Å². The van der Waals surface area contributed by atoms with E-state index in [1.165, 1.54) is 11.1 Å². The second-order valence-corrected chi connectivity index (χ2v) is 6.74. The fraction of sp³-hybridized carbons (Fsp3) is 0.250. The summed E-state index contributed by atoms with van der Waals surface area (Å²) in [4.78, 5) is 2.16. The predicted molar refractivity (Wildman–Crippen MR) is 116 cm³/mol. The molecule has 0 unspecified atom stereocenters. The van der Waals surface area contributed by atoms with Gasteiger partial charge in [-0.15, -0.1) is 0 Å². The highest BCUT2D eigenvalue weighted by molar-refractivity contribution is 5.77. The molecule has 152 valence electrons. The first-order valence-electron chi connectivity index (χ1n) is 9.67. The first-order valence-corrected chi connectivity index (χ1v) is 9.67. The van der Waals surface area contributed by atoms with Gasteiger partial charge in [0.05, 0.1) is 13.2 Å². The molecule has 2 N–H and O–H groups in total. The minimum atomic E-state index is -0.0127. The molecule has 0 fully saturated rings. The predicted octanol–water partition coefficient (Wildman–Crippen LogP) is 4.52. The van der Waals surface area contributed by atoms with Crippen molar-refractivity contribution in [2.24, 2.45) is 0 Å². The number of aliphatic hydroxyl groups excluding tert-OH is 2. The highest BCUT2D eigenvalue weighted by atomic mass is 16.5. The third-order valence-corrected chi connectivity index (χ3v) is 4.66. The summed E-state index contributed by atoms with van der Waals surface area (Å²) in [6.45, 7) is 4.73. The molecule has 0 aromatic heterocycles. The number of anilines is 3. The summed E-state index contributed by atoms with van der Waals surface area (Å²) in [7, 11) is 0. The van der Waals surface area contributed by atoms with Crippen LogP contribution in [0, 0.1) is 13.8 Å². The quantitative estimate of drug-likeness (QED) is 0.560. The van der Waals surface area contributed by atoms with Crippen LogP contribution in [0.25, 0.3) is 0 Å². The summed E-state index contributed by atoms with van der Waals surface area (Å²) in [6.07, 6.45) is 0. The van der Waals surface area contributed by atoms with Gasteiger partial charge in [-0.1, -0.05) is 6.07 Å². The first-order chi connectivity index (χ1) is 14.1. The zero-order valence-electron chi connectivity index (χ0n) is 16.8. The average molecular weight is 393 g/mol. The molecule has 5 nitrogen and oxygen atoms in total. The average Bonchev–Trinajstić information content (AvgIpc) is 2.75. The largest absolute Gasteiger partial charge is 0.491 e. The normalized spacial score (nSPS) is 10.6. The van der Waals surface area contributed by atoms with E-state index in [-0.39, 0.29) is 26.4 Å². The number of nitrogens with zero attached hydrogens (tertiary/aromatic N) is 1. The van der Waals surface area contributed by atoms with Gasteiger partial charge in [0, 0.05) is 17.1 Å². The van der Waals surface area contributed by atoms with Crippen LogP contribution < -0.4 is 14.4 Å². The molecule has 3 rings (SSSR count). The zero-order chi connectivity index (χ0) is 20.6. The summed E-state index contributed by atoms with van der Waals surface area (Å²) in [5.74, 6) is 1.44. The minimum absolute atomic E-state index is 0.0127. The van der Waals surface area contributed by atoms with Gasteiger partial charge in [0.2, 0.25) is 0 Å². The number of ether oxygens (including phenoxy) is 2. The lowest BCUT2D eigenvalue weighted by Crippen LogP contribution is -2.10.